The van der Waals surface area contributed by atoms with Crippen molar-refractivity contribution in [3.05, 3.63) is 24.2 Å². The SMILES string of the molecule is CC(C)c1nn2ccnc2cc1O. The summed E-state index contributed by atoms with van der Waals surface area (Å²) in [5.41, 5.74) is 1.37. The van der Waals surface area contributed by atoms with Gasteiger partial charge in [-0.15, -0.1) is 0 Å². The topological polar surface area (TPSA) is 50.4 Å². The summed E-state index contributed by atoms with van der Waals surface area (Å²) >= 11 is 0. The summed E-state index contributed by atoms with van der Waals surface area (Å²) < 4.78 is 1.66. The van der Waals surface area contributed by atoms with Crippen LogP contribution in [0.25, 0.3) is 5.65 Å². The molecule has 0 fully saturated rings. The summed E-state index contributed by atoms with van der Waals surface area (Å²) in [6.07, 6.45) is 3.42. The Balaban J connectivity index is 2.69. The number of fused-ring (bicyclic) bond motifs is 1. The molecule has 0 aromatic carbocycles. The summed E-state index contributed by atoms with van der Waals surface area (Å²) in [5.74, 6) is 0.431. The van der Waals surface area contributed by atoms with Gasteiger partial charge in [0.1, 0.15) is 11.4 Å². The van der Waals surface area contributed by atoms with Crippen LogP contribution >= 0.6 is 0 Å². The van der Waals surface area contributed by atoms with E-state index in [0.29, 0.717) is 11.3 Å². The lowest BCUT2D eigenvalue weighted by Gasteiger charge is -2.06. The molecule has 0 aliphatic rings. The number of aromatic nitrogens is 3. The van der Waals surface area contributed by atoms with Gasteiger partial charge in [-0.25, -0.2) is 9.50 Å². The zero-order valence-corrected chi connectivity index (χ0v) is 7.60. The first kappa shape index (κ1) is 8.04. The van der Waals surface area contributed by atoms with Crippen molar-refractivity contribution < 1.29 is 5.11 Å². The number of hydrogen-bond donors (Lipinski definition) is 1. The minimum absolute atomic E-state index is 0.215. The Morgan fingerprint density at radius 1 is 1.46 bits per heavy atom. The Labute approximate surface area is 75.8 Å². The van der Waals surface area contributed by atoms with Crippen molar-refractivity contribution in [1.29, 1.82) is 0 Å². The number of rotatable bonds is 1. The quantitative estimate of drug-likeness (QED) is 0.719. The Morgan fingerprint density at radius 3 is 2.92 bits per heavy atom. The lowest BCUT2D eigenvalue weighted by atomic mass is 10.1. The fourth-order valence-corrected chi connectivity index (χ4v) is 1.27. The van der Waals surface area contributed by atoms with Gasteiger partial charge in [0, 0.05) is 24.4 Å². The smallest absolute Gasteiger partial charge is 0.157 e. The van der Waals surface area contributed by atoms with Crippen LogP contribution in [0.5, 0.6) is 5.75 Å². The van der Waals surface area contributed by atoms with E-state index in [9.17, 15) is 5.11 Å². The maximum absolute atomic E-state index is 9.58. The molecule has 0 spiro atoms. The molecule has 0 radical (unpaired) electrons. The molecule has 13 heavy (non-hydrogen) atoms. The molecule has 0 unspecified atom stereocenters. The van der Waals surface area contributed by atoms with E-state index in [4.69, 9.17) is 0 Å². The van der Waals surface area contributed by atoms with Gasteiger partial charge in [-0.05, 0) is 0 Å². The Bertz CT molecular complexity index is 433. The average Bonchev–Trinajstić information content (AvgIpc) is 2.48. The van der Waals surface area contributed by atoms with Crippen molar-refractivity contribution in [2.45, 2.75) is 19.8 Å². The van der Waals surface area contributed by atoms with Crippen LogP contribution in [0.15, 0.2) is 18.5 Å². The predicted octanol–water partition coefficient (Wildman–Crippen LogP) is 1.56. The third kappa shape index (κ3) is 1.24. The second kappa shape index (κ2) is 2.73. The van der Waals surface area contributed by atoms with Gasteiger partial charge in [-0.3, -0.25) is 0 Å². The van der Waals surface area contributed by atoms with Crippen LogP contribution in [0.4, 0.5) is 0 Å². The molecule has 0 aliphatic heterocycles. The highest BCUT2D eigenvalue weighted by molar-refractivity contribution is 5.44. The summed E-state index contributed by atoms with van der Waals surface area (Å²) in [6, 6.07) is 1.63. The van der Waals surface area contributed by atoms with E-state index < -0.39 is 0 Å². The van der Waals surface area contributed by atoms with Crippen LogP contribution in [-0.2, 0) is 0 Å². The van der Waals surface area contributed by atoms with Crippen molar-refractivity contribution in [1.82, 2.24) is 14.6 Å². The number of hydrogen-bond acceptors (Lipinski definition) is 3. The first-order chi connectivity index (χ1) is 6.18. The molecule has 0 saturated carbocycles. The van der Waals surface area contributed by atoms with Crippen molar-refractivity contribution in [3.63, 3.8) is 0 Å². The molecule has 0 saturated heterocycles. The van der Waals surface area contributed by atoms with E-state index in [-0.39, 0.29) is 11.7 Å². The average molecular weight is 177 g/mol. The summed E-state index contributed by atoms with van der Waals surface area (Å²) in [5, 5.41) is 13.8. The van der Waals surface area contributed by atoms with Crippen LogP contribution in [0.3, 0.4) is 0 Å². The summed E-state index contributed by atoms with van der Waals surface area (Å²) in [7, 11) is 0. The first-order valence-electron chi connectivity index (χ1n) is 4.21. The minimum Gasteiger partial charge on any atom is -0.506 e. The molecule has 4 nitrogen and oxygen atoms in total. The highest BCUT2D eigenvalue weighted by Crippen LogP contribution is 2.23. The summed E-state index contributed by atoms with van der Waals surface area (Å²) in [6.45, 7) is 3.98. The van der Waals surface area contributed by atoms with E-state index in [1.807, 2.05) is 13.8 Å². The van der Waals surface area contributed by atoms with E-state index >= 15 is 0 Å². The number of imidazole rings is 1. The van der Waals surface area contributed by atoms with Crippen LogP contribution in [0.2, 0.25) is 0 Å². The highest BCUT2D eigenvalue weighted by atomic mass is 16.3. The molecule has 2 rings (SSSR count). The molecule has 4 heteroatoms. The fraction of sp³-hybridized carbons (Fsp3) is 0.333. The normalized spacial score (nSPS) is 11.3. The van der Waals surface area contributed by atoms with Crippen LogP contribution < -0.4 is 0 Å². The van der Waals surface area contributed by atoms with Crippen LogP contribution in [-0.4, -0.2) is 19.7 Å². The van der Waals surface area contributed by atoms with E-state index in [1.165, 1.54) is 0 Å². The van der Waals surface area contributed by atoms with Crippen molar-refractivity contribution in [3.8, 4) is 5.75 Å². The third-order valence-corrected chi connectivity index (χ3v) is 1.94. The molecule has 1 N–H and O–H groups in total. The predicted molar refractivity (Wildman–Crippen MR) is 48.7 cm³/mol. The highest BCUT2D eigenvalue weighted by Gasteiger charge is 2.09. The van der Waals surface area contributed by atoms with Gasteiger partial charge in [-0.1, -0.05) is 13.8 Å². The van der Waals surface area contributed by atoms with Crippen molar-refractivity contribution in [2.75, 3.05) is 0 Å². The lowest BCUT2D eigenvalue weighted by molar-refractivity contribution is 0.456. The second-order valence-electron chi connectivity index (χ2n) is 3.30. The molecule has 2 aromatic heterocycles. The van der Waals surface area contributed by atoms with Gasteiger partial charge in [0.15, 0.2) is 5.65 Å². The summed E-state index contributed by atoms with van der Waals surface area (Å²) in [4.78, 5) is 4.02. The van der Waals surface area contributed by atoms with Gasteiger partial charge >= 0.3 is 0 Å². The van der Waals surface area contributed by atoms with Gasteiger partial charge in [0.25, 0.3) is 0 Å². The number of aromatic hydroxyl groups is 1. The molecule has 0 aliphatic carbocycles. The molecule has 0 amide bonds. The molecular weight excluding hydrogens is 166 g/mol. The monoisotopic (exact) mass is 177 g/mol. The maximum Gasteiger partial charge on any atom is 0.157 e. The molecule has 2 heterocycles. The lowest BCUT2D eigenvalue weighted by Crippen LogP contribution is -1.99. The van der Waals surface area contributed by atoms with E-state index in [0.717, 1.165) is 0 Å². The van der Waals surface area contributed by atoms with E-state index in [1.54, 1.807) is 23.0 Å². The molecule has 0 atom stereocenters. The van der Waals surface area contributed by atoms with Gasteiger partial charge in [0.05, 0.1) is 0 Å². The van der Waals surface area contributed by atoms with Crippen LogP contribution in [0.1, 0.15) is 25.5 Å². The van der Waals surface area contributed by atoms with Crippen molar-refractivity contribution in [2.24, 2.45) is 0 Å². The zero-order chi connectivity index (χ0) is 9.42. The van der Waals surface area contributed by atoms with Gasteiger partial charge in [-0.2, -0.15) is 5.10 Å². The van der Waals surface area contributed by atoms with Crippen molar-refractivity contribution >= 4 is 5.65 Å². The third-order valence-electron chi connectivity index (χ3n) is 1.94. The molecule has 2 aromatic rings. The Hall–Kier alpha value is -1.58. The second-order valence-corrected chi connectivity index (χ2v) is 3.30. The number of nitrogens with zero attached hydrogens (tertiary/aromatic N) is 3. The zero-order valence-electron chi connectivity index (χ0n) is 7.60. The maximum atomic E-state index is 9.58. The fourth-order valence-electron chi connectivity index (χ4n) is 1.27. The first-order valence-corrected chi connectivity index (χ1v) is 4.21. The van der Waals surface area contributed by atoms with Gasteiger partial charge < -0.3 is 5.11 Å². The Kier molecular flexibility index (Phi) is 1.69. The molecule has 68 valence electrons. The minimum atomic E-state index is 0.215. The molecular formula is C9H11N3O. The molecule has 0 bridgehead atoms. The Morgan fingerprint density at radius 2 is 2.23 bits per heavy atom. The standard InChI is InChI=1S/C9H11N3O/c1-6(2)9-7(13)5-8-10-3-4-12(8)11-9/h3-6,13H,1-2H3. The van der Waals surface area contributed by atoms with Crippen LogP contribution in [0, 0.1) is 0 Å². The van der Waals surface area contributed by atoms with Gasteiger partial charge in [0.2, 0.25) is 0 Å². The van der Waals surface area contributed by atoms with E-state index in [2.05, 4.69) is 10.1 Å². The largest absolute Gasteiger partial charge is 0.506 e.